The summed E-state index contributed by atoms with van der Waals surface area (Å²) in [6, 6.07) is 6.30. The molecule has 2 fully saturated rings. The number of imide groups is 1. The summed E-state index contributed by atoms with van der Waals surface area (Å²) in [7, 11) is 3.62. The predicted octanol–water partition coefficient (Wildman–Crippen LogP) is 1.97. The SMILES string of the molecule is CN=CC(=CN)c1cc(Oc2ccc(NC(=O)N3CCC4(CN(C)C4)C3=O)nc2)ccn1. The molecule has 0 atom stereocenters. The summed E-state index contributed by atoms with van der Waals surface area (Å²) < 4.78 is 5.83. The Labute approximate surface area is 185 Å². The molecule has 2 aromatic heterocycles. The summed E-state index contributed by atoms with van der Waals surface area (Å²) in [5, 5.41) is 2.69. The average molecular weight is 435 g/mol. The minimum atomic E-state index is -0.458. The van der Waals surface area contributed by atoms with Crippen LogP contribution in [0.1, 0.15) is 12.1 Å². The highest BCUT2D eigenvalue weighted by Crippen LogP contribution is 2.40. The summed E-state index contributed by atoms with van der Waals surface area (Å²) >= 11 is 0. The van der Waals surface area contributed by atoms with E-state index < -0.39 is 11.4 Å². The van der Waals surface area contributed by atoms with Crippen molar-refractivity contribution in [3.05, 3.63) is 48.6 Å². The maximum Gasteiger partial charge on any atom is 0.329 e. The number of carbonyl (C=O) groups excluding carboxylic acids is 2. The van der Waals surface area contributed by atoms with Crippen molar-refractivity contribution in [1.82, 2.24) is 19.8 Å². The van der Waals surface area contributed by atoms with Gasteiger partial charge in [-0.1, -0.05) is 0 Å². The van der Waals surface area contributed by atoms with Gasteiger partial charge in [0.25, 0.3) is 0 Å². The largest absolute Gasteiger partial charge is 0.456 e. The van der Waals surface area contributed by atoms with Gasteiger partial charge in [-0.2, -0.15) is 0 Å². The molecule has 3 N–H and O–H groups in total. The number of amides is 3. The second-order valence-corrected chi connectivity index (χ2v) is 7.96. The van der Waals surface area contributed by atoms with E-state index in [1.165, 1.54) is 17.3 Å². The number of pyridine rings is 2. The predicted molar refractivity (Wildman–Crippen MR) is 120 cm³/mol. The van der Waals surface area contributed by atoms with Gasteiger partial charge < -0.3 is 15.4 Å². The van der Waals surface area contributed by atoms with Gasteiger partial charge in [0.2, 0.25) is 5.91 Å². The number of ether oxygens (including phenoxy) is 1. The van der Waals surface area contributed by atoms with E-state index in [-0.39, 0.29) is 5.91 Å². The van der Waals surface area contributed by atoms with Gasteiger partial charge in [-0.15, -0.1) is 0 Å². The highest BCUT2D eigenvalue weighted by Gasteiger charge is 2.54. The van der Waals surface area contributed by atoms with E-state index in [9.17, 15) is 9.59 Å². The number of nitrogens with zero attached hydrogens (tertiary/aromatic N) is 5. The van der Waals surface area contributed by atoms with Gasteiger partial charge in [-0.25, -0.2) is 9.78 Å². The lowest BCUT2D eigenvalue weighted by Gasteiger charge is -2.44. The minimum Gasteiger partial charge on any atom is -0.456 e. The second kappa shape index (κ2) is 8.75. The van der Waals surface area contributed by atoms with E-state index in [4.69, 9.17) is 10.5 Å². The quantitative estimate of drug-likeness (QED) is 0.688. The molecule has 0 bridgehead atoms. The summed E-state index contributed by atoms with van der Waals surface area (Å²) in [6.07, 6.45) is 6.84. The first-order chi connectivity index (χ1) is 15.4. The van der Waals surface area contributed by atoms with Gasteiger partial charge in [0.05, 0.1) is 17.3 Å². The lowest BCUT2D eigenvalue weighted by atomic mass is 9.79. The molecule has 10 heteroatoms. The van der Waals surface area contributed by atoms with Crippen LogP contribution < -0.4 is 15.8 Å². The Balaban J connectivity index is 1.38. The highest BCUT2D eigenvalue weighted by molar-refractivity contribution is 6.08. The molecule has 3 amide bonds. The second-order valence-electron chi connectivity index (χ2n) is 7.96. The van der Waals surface area contributed by atoms with Gasteiger partial charge in [0, 0.05) is 56.9 Å². The molecule has 2 aliphatic rings. The lowest BCUT2D eigenvalue weighted by molar-refractivity contribution is -0.141. The standard InChI is InChI=1S/C22H25N7O3/c1-24-11-15(10-23)18-9-16(5-7-25-18)32-17-3-4-19(26-12-17)27-21(31)29-8-6-22(20(29)30)13-28(2)14-22/h3-5,7,9-12H,6,8,13-14,23H2,1-2H3,(H,26,27,31). The topological polar surface area (TPSA) is 126 Å². The molecule has 0 saturated carbocycles. The number of hydrogen-bond acceptors (Lipinski definition) is 8. The van der Waals surface area contributed by atoms with E-state index in [0.29, 0.717) is 54.6 Å². The van der Waals surface area contributed by atoms with Crippen molar-refractivity contribution >= 4 is 29.5 Å². The summed E-state index contributed by atoms with van der Waals surface area (Å²) in [5.41, 5.74) is 6.52. The normalized spacial score (nSPS) is 18.2. The average Bonchev–Trinajstić information content (AvgIpc) is 3.10. The van der Waals surface area contributed by atoms with Crippen molar-refractivity contribution in [2.45, 2.75) is 6.42 Å². The number of urea groups is 1. The fourth-order valence-electron chi connectivity index (χ4n) is 4.09. The Morgan fingerprint density at radius 2 is 2.09 bits per heavy atom. The number of allylic oxidation sites excluding steroid dienone is 1. The third kappa shape index (κ3) is 4.17. The van der Waals surface area contributed by atoms with Crippen molar-refractivity contribution in [2.75, 3.05) is 39.0 Å². The molecule has 4 heterocycles. The smallest absolute Gasteiger partial charge is 0.329 e. The van der Waals surface area contributed by atoms with E-state index in [1.54, 1.807) is 43.7 Å². The number of nitrogens with two attached hydrogens (primary N) is 1. The molecule has 32 heavy (non-hydrogen) atoms. The number of aromatic nitrogens is 2. The van der Waals surface area contributed by atoms with Crippen molar-refractivity contribution in [3.8, 4) is 11.5 Å². The van der Waals surface area contributed by atoms with Gasteiger partial charge in [-0.3, -0.25) is 25.0 Å². The molecule has 2 aromatic rings. The zero-order chi connectivity index (χ0) is 22.7. The van der Waals surface area contributed by atoms with Gasteiger partial charge in [-0.05, 0) is 31.7 Å². The van der Waals surface area contributed by atoms with Gasteiger partial charge in [0.1, 0.15) is 17.3 Å². The van der Waals surface area contributed by atoms with E-state index >= 15 is 0 Å². The zero-order valence-electron chi connectivity index (χ0n) is 18.0. The molecule has 2 saturated heterocycles. The number of rotatable bonds is 5. The van der Waals surface area contributed by atoms with Crippen LogP contribution in [0.2, 0.25) is 0 Å². The van der Waals surface area contributed by atoms with Crippen LogP contribution in [-0.2, 0) is 4.79 Å². The first-order valence-electron chi connectivity index (χ1n) is 10.2. The molecule has 4 rings (SSSR count). The summed E-state index contributed by atoms with van der Waals surface area (Å²) in [4.78, 5) is 41.0. The van der Waals surface area contributed by atoms with Crippen LogP contribution in [0.25, 0.3) is 5.57 Å². The van der Waals surface area contributed by atoms with E-state index in [0.717, 1.165) is 0 Å². The Kier molecular flexibility index (Phi) is 5.87. The van der Waals surface area contributed by atoms with Crippen LogP contribution in [0.15, 0.2) is 47.9 Å². The molecule has 0 aliphatic carbocycles. The molecule has 1 spiro atoms. The van der Waals surface area contributed by atoms with Crippen molar-refractivity contribution in [3.63, 3.8) is 0 Å². The lowest BCUT2D eigenvalue weighted by Crippen LogP contribution is -2.58. The molecule has 166 valence electrons. The molecular weight excluding hydrogens is 410 g/mol. The maximum absolute atomic E-state index is 12.7. The summed E-state index contributed by atoms with van der Waals surface area (Å²) in [5.74, 6) is 1.26. The van der Waals surface area contributed by atoms with Gasteiger partial charge in [0.15, 0.2) is 0 Å². The highest BCUT2D eigenvalue weighted by atomic mass is 16.5. The van der Waals surface area contributed by atoms with Crippen LogP contribution in [0.4, 0.5) is 10.6 Å². The molecule has 10 nitrogen and oxygen atoms in total. The summed E-state index contributed by atoms with van der Waals surface area (Å²) in [6.45, 7) is 1.82. The third-order valence-corrected chi connectivity index (χ3v) is 5.59. The molecular formula is C22H25N7O3. The van der Waals surface area contributed by atoms with Crippen molar-refractivity contribution in [2.24, 2.45) is 16.1 Å². The molecule has 0 radical (unpaired) electrons. The minimum absolute atomic E-state index is 0.111. The monoisotopic (exact) mass is 435 g/mol. The fraction of sp³-hybridized carbons (Fsp3) is 0.318. The molecule has 0 unspecified atom stereocenters. The van der Waals surface area contributed by atoms with Crippen molar-refractivity contribution in [1.29, 1.82) is 0 Å². The molecule has 2 aliphatic heterocycles. The number of aliphatic imine (C=N–C) groups is 1. The Bertz CT molecular complexity index is 1080. The Morgan fingerprint density at radius 3 is 2.75 bits per heavy atom. The number of carbonyl (C=O) groups is 2. The fourth-order valence-corrected chi connectivity index (χ4v) is 4.09. The number of hydrogen-bond donors (Lipinski definition) is 2. The number of nitrogens with one attached hydrogen (secondary N) is 1. The van der Waals surface area contributed by atoms with Crippen LogP contribution >= 0.6 is 0 Å². The van der Waals surface area contributed by atoms with Crippen LogP contribution in [0, 0.1) is 5.41 Å². The molecule has 0 aromatic carbocycles. The Morgan fingerprint density at radius 1 is 1.28 bits per heavy atom. The van der Waals surface area contributed by atoms with Crippen LogP contribution in [-0.4, -0.2) is 71.7 Å². The zero-order valence-corrected chi connectivity index (χ0v) is 18.0. The first-order valence-corrected chi connectivity index (χ1v) is 10.2. The van der Waals surface area contributed by atoms with E-state index in [1.807, 2.05) is 7.05 Å². The van der Waals surface area contributed by atoms with Crippen LogP contribution in [0.5, 0.6) is 11.5 Å². The first kappa shape index (κ1) is 21.4. The van der Waals surface area contributed by atoms with Crippen LogP contribution in [0.3, 0.4) is 0 Å². The number of anilines is 1. The third-order valence-electron chi connectivity index (χ3n) is 5.59. The van der Waals surface area contributed by atoms with Gasteiger partial charge >= 0.3 is 6.03 Å². The maximum atomic E-state index is 12.7. The van der Waals surface area contributed by atoms with Crippen molar-refractivity contribution < 1.29 is 14.3 Å². The number of likely N-dealkylation sites (tertiary alicyclic amines) is 2. The van der Waals surface area contributed by atoms with E-state index in [2.05, 4.69) is 25.2 Å². The Hall–Kier alpha value is -3.79.